The molecule has 0 bridgehead atoms. The number of halogens is 1. The van der Waals surface area contributed by atoms with E-state index in [4.69, 9.17) is 20.8 Å². The van der Waals surface area contributed by atoms with Gasteiger partial charge in [-0.1, -0.05) is 11.6 Å². The van der Waals surface area contributed by atoms with Crippen LogP contribution in [0.15, 0.2) is 47.2 Å². The van der Waals surface area contributed by atoms with Gasteiger partial charge >= 0.3 is 0 Å². The first-order valence-electron chi connectivity index (χ1n) is 7.09. The van der Waals surface area contributed by atoms with E-state index in [9.17, 15) is 4.79 Å². The van der Waals surface area contributed by atoms with Gasteiger partial charge < -0.3 is 14.1 Å². The van der Waals surface area contributed by atoms with E-state index in [1.807, 2.05) is 12.1 Å². The minimum atomic E-state index is -0.111. The van der Waals surface area contributed by atoms with E-state index < -0.39 is 0 Å². The Labute approximate surface area is 147 Å². The molecule has 8 heteroatoms. The van der Waals surface area contributed by atoms with Crippen LogP contribution in [0, 0.1) is 0 Å². The molecule has 6 nitrogen and oxygen atoms in total. The molecular weight excluding hydrogens is 350 g/mol. The average Bonchev–Trinajstić information content (AvgIpc) is 3.25. The Kier molecular flexibility index (Phi) is 5.12. The molecule has 0 aliphatic rings. The van der Waals surface area contributed by atoms with Crippen LogP contribution in [0.4, 0.5) is 0 Å². The van der Waals surface area contributed by atoms with Crippen molar-refractivity contribution >= 4 is 28.8 Å². The van der Waals surface area contributed by atoms with Gasteiger partial charge in [-0.3, -0.25) is 4.79 Å². The average molecular weight is 364 g/mol. The molecule has 2 heterocycles. The Hall–Kier alpha value is -2.38. The summed E-state index contributed by atoms with van der Waals surface area (Å²) in [4.78, 5) is 14.8. The molecule has 24 heavy (non-hydrogen) atoms. The third kappa shape index (κ3) is 4.12. The highest BCUT2D eigenvalue weighted by atomic mass is 35.5. The summed E-state index contributed by atoms with van der Waals surface area (Å²) in [6, 6.07) is 10.8. The normalized spacial score (nSPS) is 10.6. The van der Waals surface area contributed by atoms with Crippen LogP contribution >= 0.6 is 22.9 Å². The number of carbonyl (C=O) groups excluding carboxylic acids is 1. The van der Waals surface area contributed by atoms with Crippen LogP contribution in [0.2, 0.25) is 4.34 Å². The number of rotatable bonds is 6. The predicted molar refractivity (Wildman–Crippen MR) is 91.0 cm³/mol. The van der Waals surface area contributed by atoms with Gasteiger partial charge in [0.25, 0.3) is 5.91 Å². The largest absolute Gasteiger partial charge is 0.484 e. The summed E-state index contributed by atoms with van der Waals surface area (Å²) in [5.74, 6) is 0.923. The molecule has 0 saturated heterocycles. The van der Waals surface area contributed by atoms with Crippen molar-refractivity contribution in [1.82, 2.24) is 15.1 Å². The first kappa shape index (κ1) is 16.5. The lowest BCUT2D eigenvalue weighted by atomic mass is 10.2. The van der Waals surface area contributed by atoms with E-state index in [2.05, 4.69) is 10.2 Å². The zero-order valence-electron chi connectivity index (χ0n) is 12.8. The number of nitrogens with zero attached hydrogens (tertiary/aromatic N) is 3. The molecule has 0 N–H and O–H groups in total. The lowest BCUT2D eigenvalue weighted by molar-refractivity contribution is -0.132. The van der Waals surface area contributed by atoms with Crippen molar-refractivity contribution in [3.63, 3.8) is 0 Å². The van der Waals surface area contributed by atoms with Gasteiger partial charge in [-0.15, -0.1) is 21.5 Å². The number of hydrogen-bond donors (Lipinski definition) is 0. The van der Waals surface area contributed by atoms with Crippen molar-refractivity contribution < 1.29 is 13.9 Å². The fourth-order valence-corrected chi connectivity index (χ4v) is 3.15. The summed E-state index contributed by atoms with van der Waals surface area (Å²) in [6.07, 6.45) is 1.27. The Balaban J connectivity index is 1.52. The number of thiophene rings is 1. The first-order chi connectivity index (χ1) is 11.6. The summed E-state index contributed by atoms with van der Waals surface area (Å²) in [5, 5.41) is 7.46. The van der Waals surface area contributed by atoms with Crippen molar-refractivity contribution in [2.75, 3.05) is 13.7 Å². The smallest absolute Gasteiger partial charge is 0.260 e. The van der Waals surface area contributed by atoms with Crippen LogP contribution in [0.5, 0.6) is 5.75 Å². The standard InChI is InChI=1S/C16H14ClN3O3S/c1-20(8-13-6-7-14(17)24-13)15(21)9-22-12-4-2-11(3-5-12)16-19-18-10-23-16/h2-7,10H,8-9H2,1H3. The zero-order valence-corrected chi connectivity index (χ0v) is 14.4. The third-order valence-corrected chi connectivity index (χ3v) is 4.49. The monoisotopic (exact) mass is 363 g/mol. The van der Waals surface area contributed by atoms with Crippen LogP contribution < -0.4 is 4.74 Å². The van der Waals surface area contributed by atoms with E-state index in [-0.39, 0.29) is 12.5 Å². The van der Waals surface area contributed by atoms with Gasteiger partial charge in [0.1, 0.15) is 5.75 Å². The van der Waals surface area contributed by atoms with Crippen molar-refractivity contribution in [1.29, 1.82) is 0 Å². The second-order valence-electron chi connectivity index (χ2n) is 5.01. The molecule has 3 rings (SSSR count). The van der Waals surface area contributed by atoms with Crippen LogP contribution in [-0.4, -0.2) is 34.7 Å². The molecule has 0 aliphatic heterocycles. The van der Waals surface area contributed by atoms with Gasteiger partial charge in [-0.2, -0.15) is 0 Å². The molecule has 3 aromatic rings. The molecule has 124 valence electrons. The summed E-state index contributed by atoms with van der Waals surface area (Å²) < 4.78 is 11.4. The van der Waals surface area contributed by atoms with E-state index in [0.29, 0.717) is 22.5 Å². The Morgan fingerprint density at radius 1 is 1.29 bits per heavy atom. The molecule has 0 atom stereocenters. The maximum atomic E-state index is 12.1. The number of amides is 1. The van der Waals surface area contributed by atoms with E-state index in [1.165, 1.54) is 17.7 Å². The highest BCUT2D eigenvalue weighted by molar-refractivity contribution is 7.16. The minimum absolute atomic E-state index is 0.0322. The number of likely N-dealkylation sites (N-methyl/N-ethyl adjacent to an activating group) is 1. The molecule has 1 amide bonds. The van der Waals surface area contributed by atoms with Crippen LogP contribution in [0.3, 0.4) is 0 Å². The van der Waals surface area contributed by atoms with Gasteiger partial charge in [0, 0.05) is 17.5 Å². The maximum absolute atomic E-state index is 12.1. The molecule has 0 aliphatic carbocycles. The van der Waals surface area contributed by atoms with Crippen LogP contribution in [-0.2, 0) is 11.3 Å². The van der Waals surface area contributed by atoms with Gasteiger partial charge in [-0.05, 0) is 36.4 Å². The number of hydrogen-bond acceptors (Lipinski definition) is 6. The van der Waals surface area contributed by atoms with Crippen molar-refractivity contribution in [2.24, 2.45) is 0 Å². The number of benzene rings is 1. The molecule has 0 saturated carbocycles. The van der Waals surface area contributed by atoms with E-state index in [0.717, 1.165) is 10.4 Å². The van der Waals surface area contributed by atoms with Gasteiger partial charge in [-0.25, -0.2) is 0 Å². The number of ether oxygens (including phenoxy) is 1. The molecule has 0 unspecified atom stereocenters. The third-order valence-electron chi connectivity index (χ3n) is 3.27. The molecule has 0 fully saturated rings. The summed E-state index contributed by atoms with van der Waals surface area (Å²) >= 11 is 7.35. The molecule has 0 radical (unpaired) electrons. The molecule has 1 aromatic carbocycles. The van der Waals surface area contributed by atoms with Gasteiger partial charge in [0.15, 0.2) is 6.61 Å². The molecular formula is C16H14ClN3O3S. The van der Waals surface area contributed by atoms with Crippen molar-refractivity contribution in [2.45, 2.75) is 6.54 Å². The maximum Gasteiger partial charge on any atom is 0.260 e. The Morgan fingerprint density at radius 2 is 2.08 bits per heavy atom. The second-order valence-corrected chi connectivity index (χ2v) is 6.81. The SMILES string of the molecule is CN(Cc1ccc(Cl)s1)C(=O)COc1ccc(-c2nnco2)cc1. The highest BCUT2D eigenvalue weighted by Crippen LogP contribution is 2.23. The predicted octanol–water partition coefficient (Wildman–Crippen LogP) is 3.49. The van der Waals surface area contributed by atoms with Gasteiger partial charge in [0.05, 0.1) is 10.9 Å². The molecule has 2 aromatic heterocycles. The lowest BCUT2D eigenvalue weighted by Gasteiger charge is -2.16. The molecule has 0 spiro atoms. The number of aromatic nitrogens is 2. The van der Waals surface area contributed by atoms with Crippen molar-refractivity contribution in [3.8, 4) is 17.2 Å². The van der Waals surface area contributed by atoms with Crippen LogP contribution in [0.25, 0.3) is 11.5 Å². The quantitative estimate of drug-likeness (QED) is 0.670. The van der Waals surface area contributed by atoms with E-state index >= 15 is 0 Å². The Morgan fingerprint density at radius 3 is 2.71 bits per heavy atom. The minimum Gasteiger partial charge on any atom is -0.484 e. The lowest BCUT2D eigenvalue weighted by Crippen LogP contribution is -2.30. The Bertz CT molecular complexity index is 802. The highest BCUT2D eigenvalue weighted by Gasteiger charge is 2.12. The van der Waals surface area contributed by atoms with Crippen molar-refractivity contribution in [3.05, 3.63) is 52.0 Å². The summed E-state index contributed by atoms with van der Waals surface area (Å²) in [7, 11) is 1.73. The number of carbonyl (C=O) groups is 1. The van der Waals surface area contributed by atoms with E-state index in [1.54, 1.807) is 36.2 Å². The fraction of sp³-hybridized carbons (Fsp3) is 0.188. The zero-order chi connectivity index (χ0) is 16.9. The summed E-state index contributed by atoms with van der Waals surface area (Å²) in [6.45, 7) is 0.477. The fourth-order valence-electron chi connectivity index (χ4n) is 2.01. The first-order valence-corrected chi connectivity index (χ1v) is 8.29. The summed E-state index contributed by atoms with van der Waals surface area (Å²) in [5.41, 5.74) is 0.790. The topological polar surface area (TPSA) is 68.5 Å². The van der Waals surface area contributed by atoms with Crippen LogP contribution in [0.1, 0.15) is 4.88 Å². The van der Waals surface area contributed by atoms with Gasteiger partial charge in [0.2, 0.25) is 12.3 Å². The second kappa shape index (κ2) is 7.46.